The summed E-state index contributed by atoms with van der Waals surface area (Å²) in [5.74, 6) is 0. The third-order valence-electron chi connectivity index (χ3n) is 4.42. The fraction of sp³-hybridized carbons (Fsp3) is 0.316. The molecule has 1 aliphatic rings. The topological polar surface area (TPSA) is 7.12 Å². The van der Waals surface area contributed by atoms with Crippen molar-refractivity contribution in [1.82, 2.24) is 0 Å². The van der Waals surface area contributed by atoms with Crippen LogP contribution in [0.5, 0.6) is 0 Å². The van der Waals surface area contributed by atoms with Crippen LogP contribution in [0.1, 0.15) is 31.9 Å². The number of benzene rings is 1. The molecule has 3 rings (SSSR count). The second-order valence-electron chi connectivity index (χ2n) is 6.21. The van der Waals surface area contributed by atoms with Crippen LogP contribution in [0.15, 0.2) is 54.5 Å². The van der Waals surface area contributed by atoms with Crippen molar-refractivity contribution in [2.24, 2.45) is 7.05 Å². The number of fused-ring (bicyclic) bond motifs is 1. The lowest BCUT2D eigenvalue weighted by Gasteiger charge is -2.26. The van der Waals surface area contributed by atoms with E-state index in [4.69, 9.17) is 0 Å². The number of likely N-dealkylation sites (N-methyl/N-ethyl adjacent to an activating group) is 1. The number of hydrogen-bond acceptors (Lipinski definition) is 1. The van der Waals surface area contributed by atoms with Crippen LogP contribution in [0, 0.1) is 0 Å². The minimum absolute atomic E-state index is 0.0463. The number of para-hydroxylation sites is 1. The van der Waals surface area contributed by atoms with Crippen molar-refractivity contribution < 1.29 is 4.57 Å². The van der Waals surface area contributed by atoms with Crippen molar-refractivity contribution in [3.05, 3.63) is 65.6 Å². The van der Waals surface area contributed by atoms with Crippen molar-refractivity contribution in [1.29, 1.82) is 0 Å². The van der Waals surface area contributed by atoms with Gasteiger partial charge in [-0.2, -0.15) is 0 Å². The lowest BCUT2D eigenvalue weighted by molar-refractivity contribution is -0.671. The first kappa shape index (κ1) is 13.9. The van der Waals surface area contributed by atoms with Crippen molar-refractivity contribution in [3.63, 3.8) is 0 Å². The summed E-state index contributed by atoms with van der Waals surface area (Å²) in [6.07, 6.45) is 6.51. The molecule has 0 unspecified atom stereocenters. The zero-order valence-corrected chi connectivity index (χ0v) is 13.3. The lowest BCUT2D eigenvalue weighted by Crippen LogP contribution is -2.27. The molecule has 0 N–H and O–H groups in total. The van der Waals surface area contributed by atoms with Crippen LogP contribution in [0.4, 0.5) is 5.69 Å². The van der Waals surface area contributed by atoms with Crippen LogP contribution >= 0.6 is 0 Å². The van der Waals surface area contributed by atoms with E-state index in [2.05, 4.69) is 85.1 Å². The summed E-state index contributed by atoms with van der Waals surface area (Å²) in [7, 11) is 2.05. The molecule has 0 fully saturated rings. The van der Waals surface area contributed by atoms with Crippen LogP contribution in [0.3, 0.4) is 0 Å². The Bertz CT molecular complexity index is 681. The van der Waals surface area contributed by atoms with Crippen molar-refractivity contribution in [2.75, 3.05) is 11.4 Å². The summed E-state index contributed by atoms with van der Waals surface area (Å²) in [5, 5.41) is 0. The molecule has 2 nitrogen and oxygen atoms in total. The van der Waals surface area contributed by atoms with Gasteiger partial charge in [0.05, 0.1) is 0 Å². The van der Waals surface area contributed by atoms with E-state index in [9.17, 15) is 0 Å². The molecule has 1 aromatic heterocycles. The van der Waals surface area contributed by atoms with Crippen LogP contribution in [0.2, 0.25) is 0 Å². The number of pyridine rings is 1. The molecule has 1 aromatic carbocycles. The van der Waals surface area contributed by atoms with E-state index in [1.807, 2.05) is 7.05 Å². The van der Waals surface area contributed by atoms with Gasteiger partial charge in [-0.3, -0.25) is 0 Å². The molecular weight excluding hydrogens is 256 g/mol. The van der Waals surface area contributed by atoms with Gasteiger partial charge in [-0.15, -0.1) is 0 Å². The van der Waals surface area contributed by atoms with Gasteiger partial charge < -0.3 is 4.90 Å². The zero-order valence-electron chi connectivity index (χ0n) is 13.3. The van der Waals surface area contributed by atoms with Gasteiger partial charge >= 0.3 is 0 Å². The molecule has 0 bridgehead atoms. The Kier molecular flexibility index (Phi) is 3.32. The van der Waals surface area contributed by atoms with E-state index < -0.39 is 0 Å². The van der Waals surface area contributed by atoms with Gasteiger partial charge in [0, 0.05) is 35.5 Å². The first-order valence-electron chi connectivity index (χ1n) is 7.58. The van der Waals surface area contributed by atoms with Crippen molar-refractivity contribution >= 4 is 11.8 Å². The van der Waals surface area contributed by atoms with Gasteiger partial charge in [0.15, 0.2) is 12.4 Å². The van der Waals surface area contributed by atoms with E-state index in [0.29, 0.717) is 0 Å². The molecule has 0 atom stereocenters. The maximum Gasteiger partial charge on any atom is 0.169 e. The van der Waals surface area contributed by atoms with Crippen LogP contribution in [-0.2, 0) is 12.5 Å². The molecule has 0 saturated carbocycles. The Morgan fingerprint density at radius 2 is 1.76 bits per heavy atom. The molecule has 2 heteroatoms. The van der Waals surface area contributed by atoms with Crippen LogP contribution in [-0.4, -0.2) is 6.54 Å². The highest BCUT2D eigenvalue weighted by Crippen LogP contribution is 2.47. The second-order valence-corrected chi connectivity index (χ2v) is 6.21. The highest BCUT2D eigenvalue weighted by Gasteiger charge is 2.38. The highest BCUT2D eigenvalue weighted by atomic mass is 15.2. The minimum atomic E-state index is 0.0463. The smallest absolute Gasteiger partial charge is 0.169 e. The molecule has 21 heavy (non-hydrogen) atoms. The summed E-state index contributed by atoms with van der Waals surface area (Å²) < 4.78 is 2.06. The average molecular weight is 279 g/mol. The molecular formula is C19H23N2+. The third-order valence-corrected chi connectivity index (χ3v) is 4.42. The quantitative estimate of drug-likeness (QED) is 0.761. The highest BCUT2D eigenvalue weighted by molar-refractivity contribution is 5.75. The van der Waals surface area contributed by atoms with Crippen LogP contribution in [0.25, 0.3) is 6.08 Å². The Hall–Kier alpha value is -2.09. The summed E-state index contributed by atoms with van der Waals surface area (Å²) in [6, 6.07) is 13.1. The van der Waals surface area contributed by atoms with Gasteiger partial charge in [0.25, 0.3) is 0 Å². The van der Waals surface area contributed by atoms with E-state index >= 15 is 0 Å². The summed E-state index contributed by atoms with van der Waals surface area (Å²) in [4.78, 5) is 2.43. The largest absolute Gasteiger partial charge is 0.344 e. The third kappa shape index (κ3) is 2.25. The Balaban J connectivity index is 2.12. The number of rotatable bonds is 2. The second kappa shape index (κ2) is 5.03. The first-order valence-corrected chi connectivity index (χ1v) is 7.58. The Morgan fingerprint density at radius 3 is 2.43 bits per heavy atom. The van der Waals surface area contributed by atoms with E-state index in [0.717, 1.165) is 6.54 Å². The number of anilines is 1. The summed E-state index contributed by atoms with van der Waals surface area (Å²) >= 11 is 0. The Morgan fingerprint density at radius 1 is 1.10 bits per heavy atom. The molecule has 108 valence electrons. The lowest BCUT2D eigenvalue weighted by atomic mass is 9.83. The predicted molar refractivity (Wildman–Crippen MR) is 88.1 cm³/mol. The standard InChI is InChI=1S/C19H23N2/c1-5-21-17-9-7-6-8-16(17)19(2,3)18(21)14-15-10-12-20(4)13-11-15/h6-14H,5H2,1-4H3/q+1. The number of nitrogens with zero attached hydrogens (tertiary/aromatic N) is 2. The van der Waals surface area contributed by atoms with Crippen molar-refractivity contribution in [3.8, 4) is 0 Å². The van der Waals surface area contributed by atoms with E-state index in [1.54, 1.807) is 0 Å². The maximum absolute atomic E-state index is 2.43. The molecule has 0 spiro atoms. The monoisotopic (exact) mass is 279 g/mol. The van der Waals surface area contributed by atoms with Crippen LogP contribution < -0.4 is 9.47 Å². The maximum atomic E-state index is 2.43. The molecule has 1 aliphatic heterocycles. The first-order chi connectivity index (χ1) is 10.0. The fourth-order valence-electron chi connectivity index (χ4n) is 3.21. The average Bonchev–Trinajstić information content (AvgIpc) is 2.70. The molecule has 2 aromatic rings. The molecule has 0 saturated heterocycles. The normalized spacial score (nSPS) is 18.1. The van der Waals surface area contributed by atoms with Gasteiger partial charge in [-0.1, -0.05) is 32.0 Å². The summed E-state index contributed by atoms with van der Waals surface area (Å²) in [6.45, 7) is 7.84. The van der Waals surface area contributed by atoms with E-state index in [1.165, 1.54) is 22.5 Å². The number of allylic oxidation sites excluding steroid dienone is 1. The number of aromatic nitrogens is 1. The van der Waals surface area contributed by atoms with E-state index in [-0.39, 0.29) is 5.41 Å². The molecule has 0 amide bonds. The predicted octanol–water partition coefficient (Wildman–Crippen LogP) is 3.67. The number of aryl methyl sites for hydroxylation is 1. The summed E-state index contributed by atoms with van der Waals surface area (Å²) in [5.41, 5.74) is 5.43. The van der Waals surface area contributed by atoms with Gasteiger partial charge in [-0.05, 0) is 30.2 Å². The minimum Gasteiger partial charge on any atom is -0.344 e. The van der Waals surface area contributed by atoms with Crippen molar-refractivity contribution in [2.45, 2.75) is 26.2 Å². The number of hydrogen-bond donors (Lipinski definition) is 0. The van der Waals surface area contributed by atoms with Gasteiger partial charge in [0.1, 0.15) is 7.05 Å². The SMILES string of the molecule is CCN1/C(=C/c2cc[n+](C)cc2)C(C)(C)c2ccccc21. The molecule has 0 aliphatic carbocycles. The van der Waals surface area contributed by atoms with Gasteiger partial charge in [0.2, 0.25) is 0 Å². The fourth-order valence-corrected chi connectivity index (χ4v) is 3.21. The Labute approximate surface area is 127 Å². The molecule has 2 heterocycles. The molecule has 0 radical (unpaired) electrons. The van der Waals surface area contributed by atoms with Gasteiger partial charge in [-0.25, -0.2) is 4.57 Å². The zero-order chi connectivity index (χ0) is 15.0.